The number of hydrogen-bond acceptors (Lipinski definition) is 1. The Hall–Kier alpha value is -0.430. The quantitative estimate of drug-likeness (QED) is 0.558. The van der Waals surface area contributed by atoms with E-state index in [1.165, 1.54) is 22.6 Å². The molecule has 2 rings (SSSR count). The van der Waals surface area contributed by atoms with Gasteiger partial charge in [-0.05, 0) is 30.5 Å². The van der Waals surface area contributed by atoms with Gasteiger partial charge in [0.2, 0.25) is 0 Å². The molecule has 0 aromatic heterocycles. The number of thioether (sulfide) groups is 1. The van der Waals surface area contributed by atoms with E-state index in [1.807, 2.05) is 53.3 Å². The van der Waals surface area contributed by atoms with Crippen LogP contribution in [0.2, 0.25) is 0 Å². The Bertz CT molecular complexity index is 254. The summed E-state index contributed by atoms with van der Waals surface area (Å²) in [6, 6.07) is 6.57. The molecule has 0 amide bonds. The van der Waals surface area contributed by atoms with Gasteiger partial charge in [-0.1, -0.05) is 53.7 Å². The Labute approximate surface area is 107 Å². The van der Waals surface area contributed by atoms with E-state index in [-0.39, 0.29) is 0 Å². The lowest BCUT2D eigenvalue weighted by Crippen LogP contribution is -1.84. The third kappa shape index (κ3) is 5.60. The van der Waals surface area contributed by atoms with Crippen LogP contribution < -0.4 is 0 Å². The van der Waals surface area contributed by atoms with Crippen LogP contribution in [-0.4, -0.2) is 5.75 Å². The molecule has 1 heterocycles. The predicted octanol–water partition coefficient (Wildman–Crippen LogP) is 5.72. The molecule has 0 aliphatic carbocycles. The molecule has 0 radical (unpaired) electrons. The van der Waals surface area contributed by atoms with Gasteiger partial charge in [-0.2, -0.15) is 0 Å². The van der Waals surface area contributed by atoms with Crippen LogP contribution in [0.5, 0.6) is 0 Å². The molecule has 0 saturated heterocycles. The van der Waals surface area contributed by atoms with Gasteiger partial charge in [0, 0.05) is 10.6 Å². The first kappa shape index (κ1) is 17.9. The van der Waals surface area contributed by atoms with Crippen molar-refractivity contribution in [1.82, 2.24) is 0 Å². The molecular formula is C15H28S. The SMILES string of the molecule is CC.CC.CC.Cc1cccc2c1CCS2. The first-order valence-corrected chi connectivity index (χ1v) is 7.58. The molecule has 0 unspecified atom stereocenters. The number of aryl methyl sites for hydroxylation is 1. The minimum atomic E-state index is 1.27. The zero-order valence-corrected chi connectivity index (χ0v) is 12.9. The van der Waals surface area contributed by atoms with Gasteiger partial charge in [-0.15, -0.1) is 11.8 Å². The van der Waals surface area contributed by atoms with E-state index in [9.17, 15) is 0 Å². The molecule has 16 heavy (non-hydrogen) atoms. The maximum absolute atomic E-state index is 2.22. The van der Waals surface area contributed by atoms with Crippen LogP contribution in [-0.2, 0) is 6.42 Å². The molecule has 0 spiro atoms. The molecule has 94 valence electrons. The van der Waals surface area contributed by atoms with Gasteiger partial charge < -0.3 is 0 Å². The maximum Gasteiger partial charge on any atom is 0.0107 e. The van der Waals surface area contributed by atoms with Crippen molar-refractivity contribution in [3.63, 3.8) is 0 Å². The lowest BCUT2D eigenvalue weighted by Gasteiger charge is -1.99. The largest absolute Gasteiger partial charge is 0.126 e. The smallest absolute Gasteiger partial charge is 0.0107 e. The second-order valence-corrected chi connectivity index (χ2v) is 3.79. The van der Waals surface area contributed by atoms with Gasteiger partial charge in [0.1, 0.15) is 0 Å². The highest BCUT2D eigenvalue weighted by Gasteiger charge is 2.11. The van der Waals surface area contributed by atoms with Gasteiger partial charge >= 0.3 is 0 Å². The van der Waals surface area contributed by atoms with Crippen LogP contribution in [0.3, 0.4) is 0 Å². The monoisotopic (exact) mass is 240 g/mol. The van der Waals surface area contributed by atoms with E-state index < -0.39 is 0 Å². The Morgan fingerprint density at radius 1 is 0.938 bits per heavy atom. The average Bonchev–Trinajstić information content (AvgIpc) is 2.87. The molecule has 1 aromatic rings. The molecule has 1 aliphatic rings. The highest BCUT2D eigenvalue weighted by atomic mass is 32.2. The van der Waals surface area contributed by atoms with E-state index >= 15 is 0 Å². The summed E-state index contributed by atoms with van der Waals surface area (Å²) in [7, 11) is 0. The number of rotatable bonds is 0. The minimum absolute atomic E-state index is 1.27. The maximum atomic E-state index is 2.22. The van der Waals surface area contributed by atoms with Gasteiger partial charge in [-0.3, -0.25) is 0 Å². The first-order valence-electron chi connectivity index (χ1n) is 6.59. The summed E-state index contributed by atoms with van der Waals surface area (Å²) in [5, 5.41) is 0. The lowest BCUT2D eigenvalue weighted by atomic mass is 10.1. The summed E-state index contributed by atoms with van der Waals surface area (Å²) >= 11 is 1.98. The molecule has 0 atom stereocenters. The summed E-state index contributed by atoms with van der Waals surface area (Å²) < 4.78 is 0. The Morgan fingerprint density at radius 3 is 2.00 bits per heavy atom. The Morgan fingerprint density at radius 2 is 1.50 bits per heavy atom. The van der Waals surface area contributed by atoms with Crippen molar-refractivity contribution >= 4 is 11.8 Å². The minimum Gasteiger partial charge on any atom is -0.126 e. The molecule has 0 bridgehead atoms. The van der Waals surface area contributed by atoms with Crippen molar-refractivity contribution in [3.05, 3.63) is 29.3 Å². The second kappa shape index (κ2) is 12.6. The fourth-order valence-electron chi connectivity index (χ4n) is 1.39. The van der Waals surface area contributed by atoms with Crippen LogP contribution in [0, 0.1) is 6.92 Å². The Kier molecular flexibility index (Phi) is 14.2. The molecule has 0 saturated carbocycles. The van der Waals surface area contributed by atoms with E-state index in [4.69, 9.17) is 0 Å². The molecule has 0 N–H and O–H groups in total. The third-order valence-electron chi connectivity index (χ3n) is 1.98. The Balaban J connectivity index is 0. The highest BCUT2D eigenvalue weighted by molar-refractivity contribution is 7.99. The lowest BCUT2D eigenvalue weighted by molar-refractivity contribution is 1.11. The molecular weight excluding hydrogens is 212 g/mol. The van der Waals surface area contributed by atoms with E-state index in [0.717, 1.165) is 0 Å². The van der Waals surface area contributed by atoms with Crippen molar-refractivity contribution in [3.8, 4) is 0 Å². The molecule has 0 fully saturated rings. The number of hydrogen-bond donors (Lipinski definition) is 0. The summed E-state index contributed by atoms with van der Waals surface area (Å²) in [6.45, 7) is 14.2. The fourth-order valence-corrected chi connectivity index (χ4v) is 2.53. The first-order chi connectivity index (χ1) is 7.88. The normalized spacial score (nSPS) is 10.7. The fraction of sp³-hybridized carbons (Fsp3) is 0.600. The van der Waals surface area contributed by atoms with Crippen molar-refractivity contribution in [2.45, 2.75) is 59.8 Å². The van der Waals surface area contributed by atoms with Crippen molar-refractivity contribution in [2.75, 3.05) is 5.75 Å². The summed E-state index contributed by atoms with van der Waals surface area (Å²) in [5.41, 5.74) is 3.04. The van der Waals surface area contributed by atoms with Crippen LogP contribution in [0.15, 0.2) is 23.1 Å². The third-order valence-corrected chi connectivity index (χ3v) is 3.08. The van der Waals surface area contributed by atoms with E-state index in [0.29, 0.717) is 0 Å². The topological polar surface area (TPSA) is 0 Å². The summed E-state index contributed by atoms with van der Waals surface area (Å²) in [6.07, 6.45) is 1.27. The van der Waals surface area contributed by atoms with Crippen LogP contribution in [0.25, 0.3) is 0 Å². The van der Waals surface area contributed by atoms with Crippen LogP contribution in [0.4, 0.5) is 0 Å². The molecule has 0 nitrogen and oxygen atoms in total. The van der Waals surface area contributed by atoms with Crippen LogP contribution >= 0.6 is 11.8 Å². The number of fused-ring (bicyclic) bond motifs is 1. The zero-order valence-electron chi connectivity index (χ0n) is 12.1. The standard InChI is InChI=1S/C9H10S.3C2H6/c1-7-3-2-4-9-8(7)5-6-10-9;3*1-2/h2-4H,5-6H2,1H3;3*1-2H3. The molecule has 1 aromatic carbocycles. The molecule has 1 heteroatoms. The van der Waals surface area contributed by atoms with Gasteiger partial charge in [-0.25, -0.2) is 0 Å². The van der Waals surface area contributed by atoms with Crippen molar-refractivity contribution in [2.24, 2.45) is 0 Å². The van der Waals surface area contributed by atoms with Gasteiger partial charge in [0.15, 0.2) is 0 Å². The summed E-state index contributed by atoms with van der Waals surface area (Å²) in [5.74, 6) is 1.28. The highest BCUT2D eigenvalue weighted by Crippen LogP contribution is 2.32. The van der Waals surface area contributed by atoms with Gasteiger partial charge in [0.05, 0.1) is 0 Å². The van der Waals surface area contributed by atoms with Crippen molar-refractivity contribution in [1.29, 1.82) is 0 Å². The summed E-state index contributed by atoms with van der Waals surface area (Å²) in [4.78, 5) is 1.50. The second-order valence-electron chi connectivity index (χ2n) is 2.65. The molecule has 1 aliphatic heterocycles. The van der Waals surface area contributed by atoms with Crippen LogP contribution in [0.1, 0.15) is 52.7 Å². The van der Waals surface area contributed by atoms with E-state index in [1.54, 1.807) is 5.56 Å². The van der Waals surface area contributed by atoms with Crippen molar-refractivity contribution < 1.29 is 0 Å². The zero-order chi connectivity index (χ0) is 13.0. The van der Waals surface area contributed by atoms with E-state index in [2.05, 4.69) is 25.1 Å². The average molecular weight is 240 g/mol. The predicted molar refractivity (Wildman–Crippen MR) is 79.7 cm³/mol. The van der Waals surface area contributed by atoms with Gasteiger partial charge in [0.25, 0.3) is 0 Å². The number of benzene rings is 1.